The van der Waals surface area contributed by atoms with Crippen LogP contribution in [0.1, 0.15) is 40.9 Å². The molecule has 0 spiro atoms. The molecule has 8 heteroatoms. The molecule has 0 aromatic heterocycles. The molecule has 0 saturated carbocycles. The van der Waals surface area contributed by atoms with Crippen molar-refractivity contribution in [1.29, 1.82) is 0 Å². The van der Waals surface area contributed by atoms with Crippen LogP contribution in [0, 0.1) is 6.92 Å². The molecule has 0 aliphatic carbocycles. The zero-order valence-electron chi connectivity index (χ0n) is 23.0. The van der Waals surface area contributed by atoms with Gasteiger partial charge in [0.2, 0.25) is 0 Å². The molecule has 3 aromatic rings. The average Bonchev–Trinajstić information content (AvgIpc) is 3.18. The van der Waals surface area contributed by atoms with E-state index in [2.05, 4.69) is 0 Å². The first kappa shape index (κ1) is 27.6. The predicted molar refractivity (Wildman–Crippen MR) is 147 cm³/mol. The lowest BCUT2D eigenvalue weighted by Crippen LogP contribution is -2.49. The van der Waals surface area contributed by atoms with E-state index in [9.17, 15) is 14.7 Å². The highest BCUT2D eigenvalue weighted by Gasteiger charge is 2.53. The second-order valence-corrected chi connectivity index (χ2v) is 9.58. The number of ether oxygens (including phenoxy) is 4. The van der Waals surface area contributed by atoms with Gasteiger partial charge in [-0.1, -0.05) is 18.2 Å². The largest absolute Gasteiger partial charge is 0.503 e. The fraction of sp³-hybridized carbons (Fsp3) is 0.290. The van der Waals surface area contributed by atoms with E-state index in [4.69, 9.17) is 18.9 Å². The quantitative estimate of drug-likeness (QED) is 0.352. The summed E-state index contributed by atoms with van der Waals surface area (Å²) in [5, 5.41) is 10.8. The van der Waals surface area contributed by atoms with Crippen LogP contribution < -0.4 is 18.9 Å². The molecule has 1 heterocycles. The third-order valence-electron chi connectivity index (χ3n) is 6.68. The number of ketones is 1. The van der Waals surface area contributed by atoms with Gasteiger partial charge in [-0.3, -0.25) is 9.59 Å². The Labute approximate surface area is 228 Å². The van der Waals surface area contributed by atoms with Crippen LogP contribution in [0.4, 0.5) is 0 Å². The maximum atomic E-state index is 14.5. The van der Waals surface area contributed by atoms with Crippen LogP contribution in [0.3, 0.4) is 0 Å². The SMILES string of the molecule is COc1cccc(CN2C(=O)C(O)=CC2(C(=O)c2ccc(OC(C)C)c(C)c2)c2ccc(OC)c(OC)c2)c1. The summed E-state index contributed by atoms with van der Waals surface area (Å²) in [6.07, 6.45) is 1.28. The van der Waals surface area contributed by atoms with Crippen LogP contribution in [0.15, 0.2) is 72.5 Å². The van der Waals surface area contributed by atoms with Crippen LogP contribution in [-0.2, 0) is 16.9 Å². The molecule has 4 rings (SSSR count). The molecule has 39 heavy (non-hydrogen) atoms. The molecule has 0 bridgehead atoms. The third kappa shape index (κ3) is 5.14. The van der Waals surface area contributed by atoms with Crippen molar-refractivity contribution in [2.45, 2.75) is 39.0 Å². The van der Waals surface area contributed by atoms with E-state index in [1.165, 1.54) is 25.2 Å². The fourth-order valence-electron chi connectivity index (χ4n) is 4.81. The molecule has 204 valence electrons. The Morgan fingerprint density at radius 3 is 2.28 bits per heavy atom. The Hall–Kier alpha value is -4.46. The lowest BCUT2D eigenvalue weighted by atomic mass is 9.81. The van der Waals surface area contributed by atoms with Gasteiger partial charge in [0, 0.05) is 18.2 Å². The number of aliphatic hydroxyl groups excluding tert-OH is 1. The topological polar surface area (TPSA) is 94.5 Å². The number of nitrogens with zero attached hydrogens (tertiary/aromatic N) is 1. The third-order valence-corrected chi connectivity index (χ3v) is 6.68. The summed E-state index contributed by atoms with van der Waals surface area (Å²) in [7, 11) is 4.57. The van der Waals surface area contributed by atoms with Crippen LogP contribution >= 0.6 is 0 Å². The summed E-state index contributed by atoms with van der Waals surface area (Å²) in [4.78, 5) is 29.4. The lowest BCUT2D eigenvalue weighted by Gasteiger charge is -2.37. The summed E-state index contributed by atoms with van der Waals surface area (Å²) in [5.41, 5.74) is 0.615. The molecule has 1 atom stereocenters. The highest BCUT2D eigenvalue weighted by Crippen LogP contribution is 2.44. The lowest BCUT2D eigenvalue weighted by molar-refractivity contribution is -0.131. The van der Waals surface area contributed by atoms with Crippen LogP contribution in [0.2, 0.25) is 0 Å². The minimum Gasteiger partial charge on any atom is -0.503 e. The van der Waals surface area contributed by atoms with Gasteiger partial charge in [0.25, 0.3) is 5.91 Å². The Balaban J connectivity index is 1.91. The van der Waals surface area contributed by atoms with Crippen LogP contribution in [-0.4, -0.2) is 49.1 Å². The van der Waals surface area contributed by atoms with Crippen LogP contribution in [0.5, 0.6) is 23.0 Å². The molecule has 0 radical (unpaired) electrons. The van der Waals surface area contributed by atoms with Gasteiger partial charge in [0.15, 0.2) is 28.6 Å². The molecule has 0 fully saturated rings. The maximum absolute atomic E-state index is 14.5. The normalized spacial score (nSPS) is 16.7. The molecule has 0 saturated heterocycles. The second-order valence-electron chi connectivity index (χ2n) is 9.58. The standard InChI is InChI=1S/C31H33NO7/c1-19(2)39-26-12-10-22(14-20(26)3)29(34)31(23-11-13-27(37-5)28(16-23)38-6)17-25(33)30(35)32(31)18-21-8-7-9-24(15-21)36-4/h7-17,19,33H,18H2,1-6H3. The number of benzene rings is 3. The number of carbonyl (C=O) groups excluding carboxylic acids is 2. The second kappa shape index (κ2) is 11.1. The highest BCUT2D eigenvalue weighted by molar-refractivity contribution is 6.11. The molecule has 1 aliphatic rings. The van der Waals surface area contributed by atoms with Gasteiger partial charge in [-0.05, 0) is 79.9 Å². The van der Waals surface area contributed by atoms with Gasteiger partial charge < -0.3 is 29.0 Å². The monoisotopic (exact) mass is 531 g/mol. The molecular weight excluding hydrogens is 498 g/mol. The first-order chi connectivity index (χ1) is 18.6. The molecular formula is C31H33NO7. The smallest absolute Gasteiger partial charge is 0.290 e. The van der Waals surface area contributed by atoms with Gasteiger partial charge in [0.05, 0.1) is 27.4 Å². The number of aliphatic hydroxyl groups is 1. The molecule has 1 N–H and O–H groups in total. The number of aryl methyl sites for hydroxylation is 1. The van der Waals surface area contributed by atoms with Gasteiger partial charge in [-0.15, -0.1) is 0 Å². The Morgan fingerprint density at radius 2 is 1.64 bits per heavy atom. The van der Waals surface area contributed by atoms with E-state index in [-0.39, 0.29) is 12.6 Å². The first-order valence-electron chi connectivity index (χ1n) is 12.6. The summed E-state index contributed by atoms with van der Waals surface area (Å²) in [6, 6.07) is 17.4. The Bertz CT molecular complexity index is 1430. The molecule has 3 aromatic carbocycles. The first-order valence-corrected chi connectivity index (χ1v) is 12.6. The van der Waals surface area contributed by atoms with Crippen molar-refractivity contribution in [3.05, 3.63) is 94.8 Å². The number of rotatable bonds is 10. The number of Topliss-reactive ketones (excluding diaryl/α,β-unsaturated/α-hetero) is 1. The average molecular weight is 532 g/mol. The summed E-state index contributed by atoms with van der Waals surface area (Å²) < 4.78 is 22.1. The number of hydrogen-bond donors (Lipinski definition) is 1. The molecule has 1 unspecified atom stereocenters. The van der Waals surface area contributed by atoms with Crippen molar-refractivity contribution in [2.75, 3.05) is 21.3 Å². The van der Waals surface area contributed by atoms with E-state index in [1.807, 2.05) is 26.8 Å². The van der Waals surface area contributed by atoms with E-state index in [1.54, 1.807) is 61.7 Å². The van der Waals surface area contributed by atoms with Crippen molar-refractivity contribution in [2.24, 2.45) is 0 Å². The highest BCUT2D eigenvalue weighted by atomic mass is 16.5. The van der Waals surface area contributed by atoms with Crippen molar-refractivity contribution in [1.82, 2.24) is 4.90 Å². The van der Waals surface area contributed by atoms with Crippen LogP contribution in [0.25, 0.3) is 0 Å². The van der Waals surface area contributed by atoms with E-state index >= 15 is 0 Å². The van der Waals surface area contributed by atoms with Crippen molar-refractivity contribution in [3.63, 3.8) is 0 Å². The predicted octanol–water partition coefficient (Wildman–Crippen LogP) is 5.37. The van der Waals surface area contributed by atoms with E-state index in [0.29, 0.717) is 34.1 Å². The zero-order valence-corrected chi connectivity index (χ0v) is 23.0. The van der Waals surface area contributed by atoms with Gasteiger partial charge in [-0.25, -0.2) is 0 Å². The van der Waals surface area contributed by atoms with Crippen molar-refractivity contribution >= 4 is 11.7 Å². The minimum atomic E-state index is -1.67. The number of amides is 1. The molecule has 1 amide bonds. The minimum absolute atomic E-state index is 0.0319. The Morgan fingerprint density at radius 1 is 0.923 bits per heavy atom. The molecule has 1 aliphatic heterocycles. The van der Waals surface area contributed by atoms with Crippen molar-refractivity contribution in [3.8, 4) is 23.0 Å². The number of hydrogen-bond acceptors (Lipinski definition) is 7. The van der Waals surface area contributed by atoms with E-state index in [0.717, 1.165) is 11.1 Å². The van der Waals surface area contributed by atoms with Gasteiger partial charge >= 0.3 is 0 Å². The van der Waals surface area contributed by atoms with Crippen molar-refractivity contribution < 1.29 is 33.6 Å². The summed E-state index contributed by atoms with van der Waals surface area (Å²) in [6.45, 7) is 5.75. The molecule has 8 nitrogen and oxygen atoms in total. The number of carbonyl (C=O) groups is 2. The summed E-state index contributed by atoms with van der Waals surface area (Å²) >= 11 is 0. The van der Waals surface area contributed by atoms with Gasteiger partial charge in [0.1, 0.15) is 11.5 Å². The maximum Gasteiger partial charge on any atom is 0.290 e. The van der Waals surface area contributed by atoms with E-state index < -0.39 is 23.0 Å². The van der Waals surface area contributed by atoms with Gasteiger partial charge in [-0.2, -0.15) is 0 Å². The zero-order chi connectivity index (χ0) is 28.3. The Kier molecular flexibility index (Phi) is 7.85. The fourth-order valence-corrected chi connectivity index (χ4v) is 4.81. The number of methoxy groups -OCH3 is 3. The summed E-state index contributed by atoms with van der Waals surface area (Å²) in [5.74, 6) is 0.537.